The molecular formula is C17H31NO3. The fourth-order valence-corrected chi connectivity index (χ4v) is 1.82. The van der Waals surface area contributed by atoms with E-state index in [1.54, 1.807) is 18.2 Å². The molecule has 1 aliphatic heterocycles. The van der Waals surface area contributed by atoms with Gasteiger partial charge in [0.1, 0.15) is 6.61 Å². The van der Waals surface area contributed by atoms with Crippen LogP contribution in [0, 0.1) is 5.92 Å². The van der Waals surface area contributed by atoms with Crippen molar-refractivity contribution in [2.75, 3.05) is 26.7 Å². The number of nitrogens with zero attached hydrogens (tertiary/aromatic N) is 1. The third-order valence-corrected chi connectivity index (χ3v) is 3.02. The maximum atomic E-state index is 9.72. The van der Waals surface area contributed by atoms with Crippen LogP contribution in [0.3, 0.4) is 0 Å². The summed E-state index contributed by atoms with van der Waals surface area (Å²) >= 11 is 0. The second-order valence-corrected chi connectivity index (χ2v) is 4.64. The molecule has 0 amide bonds. The molecule has 0 aromatic rings. The Hall–Kier alpha value is -1.39. The zero-order valence-corrected chi connectivity index (χ0v) is 13.9. The predicted molar refractivity (Wildman–Crippen MR) is 89.1 cm³/mol. The minimum atomic E-state index is -0.116. The van der Waals surface area contributed by atoms with Crippen molar-refractivity contribution in [1.82, 2.24) is 4.90 Å². The minimum absolute atomic E-state index is 0.116. The summed E-state index contributed by atoms with van der Waals surface area (Å²) in [6.07, 6.45) is 6.01. The van der Waals surface area contributed by atoms with Gasteiger partial charge >= 0.3 is 0 Å². The Morgan fingerprint density at radius 2 is 2.10 bits per heavy atom. The molecule has 21 heavy (non-hydrogen) atoms. The third kappa shape index (κ3) is 12.1. The van der Waals surface area contributed by atoms with E-state index in [1.807, 2.05) is 20.8 Å². The quantitative estimate of drug-likeness (QED) is 0.605. The smallest absolute Gasteiger partial charge is 0.293 e. The zero-order chi connectivity index (χ0) is 16.7. The molecule has 1 heterocycles. The summed E-state index contributed by atoms with van der Waals surface area (Å²) < 4.78 is 4.47. The summed E-state index contributed by atoms with van der Waals surface area (Å²) in [5, 5.41) is 9.14. The molecule has 1 fully saturated rings. The number of rotatable bonds is 6. The van der Waals surface area contributed by atoms with Crippen LogP contribution < -0.4 is 0 Å². The van der Waals surface area contributed by atoms with Gasteiger partial charge in [-0.25, -0.2) is 0 Å². The number of allylic oxidation sites excluding steroid dienone is 2. The lowest BCUT2D eigenvalue weighted by atomic mass is 10.0. The van der Waals surface area contributed by atoms with Gasteiger partial charge in [-0.15, -0.1) is 0 Å². The van der Waals surface area contributed by atoms with Gasteiger partial charge in [0.25, 0.3) is 6.47 Å². The molecule has 1 N–H and O–H groups in total. The van der Waals surface area contributed by atoms with Gasteiger partial charge in [0.15, 0.2) is 0 Å². The van der Waals surface area contributed by atoms with Crippen LogP contribution in [0.4, 0.5) is 0 Å². The van der Waals surface area contributed by atoms with Crippen LogP contribution in [0.25, 0.3) is 0 Å². The van der Waals surface area contributed by atoms with Crippen LogP contribution in [-0.4, -0.2) is 49.3 Å². The Bertz CT molecular complexity index is 311. The molecule has 4 heteroatoms. The molecule has 2 atom stereocenters. The monoisotopic (exact) mass is 297 g/mol. The van der Waals surface area contributed by atoms with Crippen LogP contribution in [0.2, 0.25) is 0 Å². The van der Waals surface area contributed by atoms with Gasteiger partial charge in [0.05, 0.1) is 6.10 Å². The Kier molecular flexibility index (Phi) is 15.7. The SMILES string of the molecule is C=C/C=C(\C=C)COC=O.CC.CC(O)C1CCN(C)C1. The maximum absolute atomic E-state index is 9.72. The number of aliphatic hydroxyl groups excluding tert-OH is 1. The summed E-state index contributed by atoms with van der Waals surface area (Å²) in [5.41, 5.74) is 0.835. The fourth-order valence-electron chi connectivity index (χ4n) is 1.82. The lowest BCUT2D eigenvalue weighted by Crippen LogP contribution is -2.20. The third-order valence-electron chi connectivity index (χ3n) is 3.02. The van der Waals surface area contributed by atoms with E-state index in [9.17, 15) is 4.79 Å². The van der Waals surface area contributed by atoms with Crippen molar-refractivity contribution in [1.29, 1.82) is 0 Å². The van der Waals surface area contributed by atoms with E-state index in [4.69, 9.17) is 5.11 Å². The van der Waals surface area contributed by atoms with Crippen molar-refractivity contribution in [2.24, 2.45) is 5.92 Å². The molecule has 1 aliphatic rings. The average molecular weight is 297 g/mol. The van der Waals surface area contributed by atoms with Crippen molar-refractivity contribution in [2.45, 2.75) is 33.3 Å². The van der Waals surface area contributed by atoms with Gasteiger partial charge in [-0.1, -0.05) is 45.2 Å². The molecule has 0 spiro atoms. The van der Waals surface area contributed by atoms with E-state index < -0.39 is 0 Å². The lowest BCUT2D eigenvalue weighted by molar-refractivity contribution is -0.127. The predicted octanol–water partition coefficient (Wildman–Crippen LogP) is 2.80. The van der Waals surface area contributed by atoms with E-state index in [0.29, 0.717) is 12.4 Å². The van der Waals surface area contributed by atoms with E-state index in [-0.39, 0.29) is 12.7 Å². The first-order valence-electron chi connectivity index (χ1n) is 7.41. The molecule has 1 saturated heterocycles. The first kappa shape index (κ1) is 21.9. The number of aliphatic hydroxyl groups is 1. The summed E-state index contributed by atoms with van der Waals surface area (Å²) in [7, 11) is 2.10. The van der Waals surface area contributed by atoms with Crippen molar-refractivity contribution in [3.63, 3.8) is 0 Å². The number of hydrogen-bond acceptors (Lipinski definition) is 4. The van der Waals surface area contributed by atoms with Gasteiger partial charge in [0, 0.05) is 6.54 Å². The maximum Gasteiger partial charge on any atom is 0.293 e. The van der Waals surface area contributed by atoms with Crippen LogP contribution in [0.1, 0.15) is 27.2 Å². The minimum Gasteiger partial charge on any atom is -0.463 e. The number of ether oxygens (including phenoxy) is 1. The number of carbonyl (C=O) groups excluding carboxylic acids is 1. The van der Waals surface area contributed by atoms with Crippen LogP contribution in [0.15, 0.2) is 37.0 Å². The van der Waals surface area contributed by atoms with Crippen molar-refractivity contribution in [3.05, 3.63) is 37.0 Å². The molecule has 0 bridgehead atoms. The molecule has 4 nitrogen and oxygen atoms in total. The number of likely N-dealkylation sites (tertiary alicyclic amines) is 1. The second-order valence-electron chi connectivity index (χ2n) is 4.64. The topological polar surface area (TPSA) is 49.8 Å². The summed E-state index contributed by atoms with van der Waals surface area (Å²) in [5.74, 6) is 0.523. The Balaban J connectivity index is 0. The molecule has 0 aromatic carbocycles. The Morgan fingerprint density at radius 1 is 1.48 bits per heavy atom. The van der Waals surface area contributed by atoms with Crippen molar-refractivity contribution in [3.8, 4) is 0 Å². The average Bonchev–Trinajstić information content (AvgIpc) is 2.93. The molecule has 0 aliphatic carbocycles. The van der Waals surface area contributed by atoms with Gasteiger partial charge < -0.3 is 14.7 Å². The summed E-state index contributed by atoms with van der Waals surface area (Å²) in [4.78, 5) is 12.0. The van der Waals surface area contributed by atoms with Crippen LogP contribution in [0.5, 0.6) is 0 Å². The van der Waals surface area contributed by atoms with Gasteiger partial charge in [0.2, 0.25) is 0 Å². The first-order valence-corrected chi connectivity index (χ1v) is 7.41. The largest absolute Gasteiger partial charge is 0.463 e. The summed E-state index contributed by atoms with van der Waals surface area (Å²) in [6.45, 7) is 15.8. The van der Waals surface area contributed by atoms with E-state index in [0.717, 1.165) is 25.1 Å². The molecule has 2 unspecified atom stereocenters. The first-order chi connectivity index (χ1) is 10.0. The highest BCUT2D eigenvalue weighted by atomic mass is 16.5. The Morgan fingerprint density at radius 3 is 2.38 bits per heavy atom. The van der Waals surface area contributed by atoms with Crippen LogP contribution >= 0.6 is 0 Å². The highest BCUT2D eigenvalue weighted by Gasteiger charge is 2.22. The van der Waals surface area contributed by atoms with E-state index in [1.165, 1.54) is 0 Å². The molecular weight excluding hydrogens is 266 g/mol. The van der Waals surface area contributed by atoms with Crippen LogP contribution in [-0.2, 0) is 9.53 Å². The standard InChI is InChI=1S/C8H10O2.C7H15NO.C2H6/c1-3-5-8(4-2)6-10-7-9;1-6(9)7-3-4-8(2)5-7;1-2/h3-5,7H,1-2,6H2;6-7,9H,3-5H2,1-2H3;1-2H3/b8-5+;;. The fraction of sp³-hybridized carbons (Fsp3) is 0.588. The van der Waals surface area contributed by atoms with Crippen molar-refractivity contribution >= 4 is 6.47 Å². The Labute approximate surface area is 129 Å². The molecule has 1 rings (SSSR count). The lowest BCUT2D eigenvalue weighted by Gasteiger charge is -2.12. The van der Waals surface area contributed by atoms with Gasteiger partial charge in [-0.3, -0.25) is 4.79 Å². The second kappa shape index (κ2) is 15.0. The summed E-state index contributed by atoms with van der Waals surface area (Å²) in [6, 6.07) is 0. The molecule has 0 radical (unpaired) electrons. The molecule has 0 saturated carbocycles. The highest BCUT2D eigenvalue weighted by molar-refractivity contribution is 5.38. The van der Waals surface area contributed by atoms with E-state index >= 15 is 0 Å². The zero-order valence-electron chi connectivity index (χ0n) is 13.9. The number of carbonyl (C=O) groups is 1. The number of hydrogen-bond donors (Lipinski definition) is 1. The van der Waals surface area contributed by atoms with E-state index in [2.05, 4.69) is 29.8 Å². The van der Waals surface area contributed by atoms with Crippen molar-refractivity contribution < 1.29 is 14.6 Å². The normalized spacial score (nSPS) is 19.3. The van der Waals surface area contributed by atoms with Gasteiger partial charge in [-0.05, 0) is 38.4 Å². The highest BCUT2D eigenvalue weighted by Crippen LogP contribution is 2.17. The molecule has 122 valence electrons. The molecule has 0 aromatic heterocycles. The van der Waals surface area contributed by atoms with Gasteiger partial charge in [-0.2, -0.15) is 0 Å².